The molecule has 94 valence electrons. The van der Waals surface area contributed by atoms with E-state index >= 15 is 0 Å². The van der Waals surface area contributed by atoms with E-state index in [2.05, 4.69) is 36.5 Å². The van der Waals surface area contributed by atoms with Gasteiger partial charge >= 0.3 is 0 Å². The molecule has 3 heteroatoms. The average molecular weight is 242 g/mol. The van der Waals surface area contributed by atoms with Gasteiger partial charge in [-0.15, -0.1) is 0 Å². The van der Waals surface area contributed by atoms with Crippen molar-refractivity contribution in [2.45, 2.75) is 13.5 Å². The van der Waals surface area contributed by atoms with Gasteiger partial charge in [-0.25, -0.2) is 0 Å². The number of rotatable bonds is 4. The lowest BCUT2D eigenvalue weighted by molar-refractivity contribution is 0.415. The predicted molar refractivity (Wildman–Crippen MR) is 75.9 cm³/mol. The van der Waals surface area contributed by atoms with E-state index in [9.17, 15) is 0 Å². The molecule has 0 spiro atoms. The zero-order valence-corrected chi connectivity index (χ0v) is 10.7. The lowest BCUT2D eigenvalue weighted by Gasteiger charge is -2.09. The van der Waals surface area contributed by atoms with Crippen LogP contribution in [0.4, 0.5) is 11.4 Å². The van der Waals surface area contributed by atoms with E-state index in [0.717, 1.165) is 18.0 Å². The average Bonchev–Trinajstić information content (AvgIpc) is 2.37. The molecule has 0 fully saturated rings. The molecule has 0 aliphatic carbocycles. The first kappa shape index (κ1) is 12.3. The Morgan fingerprint density at radius 1 is 1.11 bits per heavy atom. The Hall–Kier alpha value is -2.16. The van der Waals surface area contributed by atoms with Gasteiger partial charge in [0.15, 0.2) is 0 Å². The summed E-state index contributed by atoms with van der Waals surface area (Å²) in [5, 5.41) is 3.34. The van der Waals surface area contributed by atoms with E-state index in [1.165, 1.54) is 11.1 Å². The highest BCUT2D eigenvalue weighted by Gasteiger charge is 1.99. The second-order valence-corrected chi connectivity index (χ2v) is 4.33. The summed E-state index contributed by atoms with van der Waals surface area (Å²) in [5.41, 5.74) is 9.97. The number of benzene rings is 2. The number of nitrogen functional groups attached to an aromatic ring is 1. The largest absolute Gasteiger partial charge is 0.497 e. The second-order valence-electron chi connectivity index (χ2n) is 4.33. The maximum atomic E-state index is 5.80. The molecule has 2 aromatic rings. The normalized spacial score (nSPS) is 10.1. The molecule has 2 rings (SSSR count). The molecule has 0 aliphatic rings. The smallest absolute Gasteiger partial charge is 0.122 e. The third-order valence-corrected chi connectivity index (χ3v) is 2.78. The Labute approximate surface area is 108 Å². The molecule has 0 atom stereocenters. The van der Waals surface area contributed by atoms with Crippen molar-refractivity contribution >= 4 is 11.4 Å². The summed E-state index contributed by atoms with van der Waals surface area (Å²) in [5.74, 6) is 0.765. The van der Waals surface area contributed by atoms with Gasteiger partial charge in [0.05, 0.1) is 7.11 Å². The molecule has 0 amide bonds. The van der Waals surface area contributed by atoms with Crippen LogP contribution in [0.1, 0.15) is 11.1 Å². The van der Waals surface area contributed by atoms with Gasteiger partial charge in [-0.1, -0.05) is 29.8 Å². The van der Waals surface area contributed by atoms with Crippen molar-refractivity contribution in [2.24, 2.45) is 0 Å². The first-order valence-electron chi connectivity index (χ1n) is 5.91. The Morgan fingerprint density at radius 3 is 2.50 bits per heavy atom. The van der Waals surface area contributed by atoms with E-state index in [4.69, 9.17) is 10.5 Å². The third kappa shape index (κ3) is 3.17. The van der Waals surface area contributed by atoms with Gasteiger partial charge in [-0.05, 0) is 18.6 Å². The van der Waals surface area contributed by atoms with Crippen molar-refractivity contribution < 1.29 is 4.74 Å². The number of aryl methyl sites for hydroxylation is 1. The van der Waals surface area contributed by atoms with Crippen molar-refractivity contribution in [3.05, 3.63) is 53.6 Å². The molecule has 0 aromatic heterocycles. The monoisotopic (exact) mass is 242 g/mol. The van der Waals surface area contributed by atoms with Crippen LogP contribution in [0.3, 0.4) is 0 Å². The van der Waals surface area contributed by atoms with Crippen LogP contribution in [-0.2, 0) is 6.54 Å². The van der Waals surface area contributed by atoms with E-state index in [0.29, 0.717) is 5.69 Å². The fourth-order valence-electron chi connectivity index (χ4n) is 1.75. The fourth-order valence-corrected chi connectivity index (χ4v) is 1.75. The van der Waals surface area contributed by atoms with Gasteiger partial charge in [0.2, 0.25) is 0 Å². The lowest BCUT2D eigenvalue weighted by Crippen LogP contribution is -2.00. The van der Waals surface area contributed by atoms with E-state index in [-0.39, 0.29) is 0 Å². The summed E-state index contributed by atoms with van der Waals surface area (Å²) >= 11 is 0. The molecule has 18 heavy (non-hydrogen) atoms. The maximum Gasteiger partial charge on any atom is 0.122 e. The van der Waals surface area contributed by atoms with Crippen LogP contribution in [0.5, 0.6) is 5.75 Å². The Balaban J connectivity index is 2.05. The minimum absolute atomic E-state index is 0.695. The molecule has 0 saturated carbocycles. The van der Waals surface area contributed by atoms with Crippen molar-refractivity contribution in [1.82, 2.24) is 0 Å². The van der Waals surface area contributed by atoms with E-state index < -0.39 is 0 Å². The Morgan fingerprint density at radius 2 is 1.83 bits per heavy atom. The van der Waals surface area contributed by atoms with Crippen molar-refractivity contribution in [3.63, 3.8) is 0 Å². The molecule has 0 radical (unpaired) electrons. The van der Waals surface area contributed by atoms with Gasteiger partial charge in [-0.3, -0.25) is 0 Å². The number of methoxy groups -OCH3 is 1. The minimum Gasteiger partial charge on any atom is -0.497 e. The summed E-state index contributed by atoms with van der Waals surface area (Å²) in [6.45, 7) is 2.85. The van der Waals surface area contributed by atoms with Gasteiger partial charge in [0, 0.05) is 30.1 Å². The molecule has 0 aliphatic heterocycles. The lowest BCUT2D eigenvalue weighted by atomic mass is 10.1. The summed E-state index contributed by atoms with van der Waals surface area (Å²) in [6.07, 6.45) is 0. The zero-order chi connectivity index (χ0) is 13.0. The highest BCUT2D eigenvalue weighted by Crippen LogP contribution is 2.22. The fraction of sp³-hybridized carbons (Fsp3) is 0.200. The molecule has 0 unspecified atom stereocenters. The molecule has 0 bridgehead atoms. The standard InChI is InChI=1S/C15H18N2O/c1-11-3-5-12(6-4-11)10-17-14-7-13(16)8-15(9-14)18-2/h3-9,17H,10,16H2,1-2H3. The van der Waals surface area contributed by atoms with E-state index in [1.807, 2.05) is 12.1 Å². The van der Waals surface area contributed by atoms with Gasteiger partial charge < -0.3 is 15.8 Å². The number of hydrogen-bond donors (Lipinski definition) is 2. The van der Waals surface area contributed by atoms with E-state index in [1.54, 1.807) is 13.2 Å². The van der Waals surface area contributed by atoms with Gasteiger partial charge in [0.25, 0.3) is 0 Å². The second kappa shape index (κ2) is 5.45. The first-order valence-corrected chi connectivity index (χ1v) is 5.91. The molecule has 0 heterocycles. The SMILES string of the molecule is COc1cc(N)cc(NCc2ccc(C)cc2)c1. The molecular weight excluding hydrogens is 224 g/mol. The van der Waals surface area contributed by atoms with Crippen LogP contribution >= 0.6 is 0 Å². The highest BCUT2D eigenvalue weighted by molar-refractivity contribution is 5.59. The Kier molecular flexibility index (Phi) is 3.72. The molecular formula is C15H18N2O. The number of anilines is 2. The first-order chi connectivity index (χ1) is 8.67. The molecule has 3 nitrogen and oxygen atoms in total. The molecule has 2 aromatic carbocycles. The number of hydrogen-bond acceptors (Lipinski definition) is 3. The quantitative estimate of drug-likeness (QED) is 0.809. The number of nitrogens with one attached hydrogen (secondary N) is 1. The van der Waals surface area contributed by atoms with Crippen molar-refractivity contribution in [3.8, 4) is 5.75 Å². The van der Waals surface area contributed by atoms with Crippen LogP contribution in [-0.4, -0.2) is 7.11 Å². The zero-order valence-electron chi connectivity index (χ0n) is 10.7. The van der Waals surface area contributed by atoms with Crippen LogP contribution in [0.15, 0.2) is 42.5 Å². The molecule has 3 N–H and O–H groups in total. The number of ether oxygens (including phenoxy) is 1. The van der Waals surface area contributed by atoms with Crippen LogP contribution in [0, 0.1) is 6.92 Å². The van der Waals surface area contributed by atoms with Gasteiger partial charge in [0.1, 0.15) is 5.75 Å². The minimum atomic E-state index is 0.695. The maximum absolute atomic E-state index is 5.80. The van der Waals surface area contributed by atoms with Crippen LogP contribution < -0.4 is 15.8 Å². The number of nitrogens with two attached hydrogens (primary N) is 1. The van der Waals surface area contributed by atoms with Crippen LogP contribution in [0.25, 0.3) is 0 Å². The summed E-state index contributed by atoms with van der Waals surface area (Å²) in [6, 6.07) is 14.1. The Bertz CT molecular complexity index is 521. The molecule has 0 saturated heterocycles. The summed E-state index contributed by atoms with van der Waals surface area (Å²) in [7, 11) is 1.64. The highest BCUT2D eigenvalue weighted by atomic mass is 16.5. The van der Waals surface area contributed by atoms with Crippen LogP contribution in [0.2, 0.25) is 0 Å². The topological polar surface area (TPSA) is 47.3 Å². The van der Waals surface area contributed by atoms with Crippen molar-refractivity contribution in [1.29, 1.82) is 0 Å². The van der Waals surface area contributed by atoms with Crippen molar-refractivity contribution in [2.75, 3.05) is 18.2 Å². The van der Waals surface area contributed by atoms with Gasteiger partial charge in [-0.2, -0.15) is 0 Å². The third-order valence-electron chi connectivity index (χ3n) is 2.78. The summed E-state index contributed by atoms with van der Waals surface area (Å²) in [4.78, 5) is 0. The predicted octanol–water partition coefficient (Wildman–Crippen LogP) is 3.20. The summed E-state index contributed by atoms with van der Waals surface area (Å²) < 4.78 is 5.18.